The molecule has 5 nitrogen and oxygen atoms in total. The molecule has 0 radical (unpaired) electrons. The first kappa shape index (κ1) is 17.3. The molecule has 2 rings (SSSR count). The van der Waals surface area contributed by atoms with Crippen molar-refractivity contribution < 1.29 is 14.3 Å². The van der Waals surface area contributed by atoms with Gasteiger partial charge in [-0.15, -0.1) is 0 Å². The van der Waals surface area contributed by atoms with Gasteiger partial charge in [-0.1, -0.05) is 13.8 Å². The van der Waals surface area contributed by atoms with Gasteiger partial charge in [-0.3, -0.25) is 9.59 Å². The van der Waals surface area contributed by atoms with Gasteiger partial charge in [0.2, 0.25) is 0 Å². The van der Waals surface area contributed by atoms with Gasteiger partial charge in [-0.2, -0.15) is 0 Å². The molecule has 2 amide bonds. The molecule has 2 N–H and O–H groups in total. The van der Waals surface area contributed by atoms with Crippen LogP contribution in [0.1, 0.15) is 46.0 Å². The fourth-order valence-electron chi connectivity index (χ4n) is 2.70. The molecule has 1 aliphatic rings. The van der Waals surface area contributed by atoms with Crippen molar-refractivity contribution in [1.82, 2.24) is 5.32 Å². The Morgan fingerprint density at radius 2 is 1.74 bits per heavy atom. The van der Waals surface area contributed by atoms with Gasteiger partial charge in [-0.05, 0) is 62.3 Å². The molecule has 1 aromatic carbocycles. The van der Waals surface area contributed by atoms with Gasteiger partial charge in [0.05, 0.1) is 6.61 Å². The zero-order valence-corrected chi connectivity index (χ0v) is 13.9. The average Bonchev–Trinajstić information content (AvgIpc) is 2.56. The number of carbonyl (C=O) groups is 2. The molecule has 0 unspecified atom stereocenters. The molecule has 0 bridgehead atoms. The number of hydrogen-bond donors (Lipinski definition) is 2. The van der Waals surface area contributed by atoms with Crippen LogP contribution in [0, 0.1) is 5.92 Å². The minimum Gasteiger partial charge on any atom is -0.494 e. The van der Waals surface area contributed by atoms with Crippen molar-refractivity contribution in [3.8, 4) is 5.75 Å². The Bertz CT molecular complexity index is 520. The van der Waals surface area contributed by atoms with Crippen molar-refractivity contribution in [2.45, 2.75) is 52.0 Å². The molecule has 0 spiro atoms. The number of carbonyl (C=O) groups excluding carboxylic acids is 2. The SMILES string of the molecule is CCCOc1ccc(NC(=O)C(=O)NC2CCC(C)CC2)cc1. The summed E-state index contributed by atoms with van der Waals surface area (Å²) >= 11 is 0. The van der Waals surface area contributed by atoms with Gasteiger partial charge in [0.1, 0.15) is 5.75 Å². The molecule has 0 atom stereocenters. The van der Waals surface area contributed by atoms with E-state index >= 15 is 0 Å². The van der Waals surface area contributed by atoms with Gasteiger partial charge >= 0.3 is 11.8 Å². The molecule has 1 aromatic rings. The second kappa shape index (κ2) is 8.56. The predicted octanol–water partition coefficient (Wildman–Crippen LogP) is 3.11. The van der Waals surface area contributed by atoms with E-state index in [1.165, 1.54) is 0 Å². The highest BCUT2D eigenvalue weighted by Gasteiger charge is 2.22. The maximum atomic E-state index is 12.0. The first-order valence-electron chi connectivity index (χ1n) is 8.43. The molecule has 0 aromatic heterocycles. The third-order valence-corrected chi connectivity index (χ3v) is 4.14. The second-order valence-corrected chi connectivity index (χ2v) is 6.26. The molecule has 5 heteroatoms. The van der Waals surface area contributed by atoms with E-state index in [2.05, 4.69) is 17.6 Å². The lowest BCUT2D eigenvalue weighted by Gasteiger charge is -2.26. The summed E-state index contributed by atoms with van der Waals surface area (Å²) in [5.41, 5.74) is 0.589. The first-order chi connectivity index (χ1) is 11.1. The molecule has 0 heterocycles. The third kappa shape index (κ3) is 5.58. The maximum absolute atomic E-state index is 12.0. The molecular formula is C18H26N2O3. The van der Waals surface area contributed by atoms with Crippen LogP contribution in [0.2, 0.25) is 0 Å². The molecule has 0 aliphatic heterocycles. The van der Waals surface area contributed by atoms with E-state index in [1.54, 1.807) is 24.3 Å². The molecule has 126 valence electrons. The number of anilines is 1. The number of benzene rings is 1. The third-order valence-electron chi connectivity index (χ3n) is 4.14. The first-order valence-corrected chi connectivity index (χ1v) is 8.43. The van der Waals surface area contributed by atoms with Gasteiger partial charge in [0, 0.05) is 11.7 Å². The summed E-state index contributed by atoms with van der Waals surface area (Å²) in [6.45, 7) is 4.92. The Balaban J connectivity index is 1.80. The number of rotatable bonds is 5. The van der Waals surface area contributed by atoms with E-state index in [9.17, 15) is 9.59 Å². The van der Waals surface area contributed by atoms with Gasteiger partial charge in [0.25, 0.3) is 0 Å². The summed E-state index contributed by atoms with van der Waals surface area (Å²) in [4.78, 5) is 23.9. The largest absolute Gasteiger partial charge is 0.494 e. The van der Waals surface area contributed by atoms with E-state index in [0.29, 0.717) is 18.2 Å². The highest BCUT2D eigenvalue weighted by atomic mass is 16.5. The molecule has 1 fully saturated rings. The van der Waals surface area contributed by atoms with E-state index in [-0.39, 0.29) is 6.04 Å². The Labute approximate surface area is 137 Å². The zero-order chi connectivity index (χ0) is 16.7. The van der Waals surface area contributed by atoms with Crippen LogP contribution in [0.3, 0.4) is 0 Å². The van der Waals surface area contributed by atoms with Crippen molar-refractivity contribution >= 4 is 17.5 Å². The summed E-state index contributed by atoms with van der Waals surface area (Å²) in [5, 5.41) is 5.44. The van der Waals surface area contributed by atoms with Crippen LogP contribution in [-0.4, -0.2) is 24.5 Å². The fraction of sp³-hybridized carbons (Fsp3) is 0.556. The van der Waals surface area contributed by atoms with Gasteiger partial charge in [-0.25, -0.2) is 0 Å². The van der Waals surface area contributed by atoms with E-state index < -0.39 is 11.8 Å². The van der Waals surface area contributed by atoms with Crippen LogP contribution in [-0.2, 0) is 9.59 Å². The lowest BCUT2D eigenvalue weighted by atomic mass is 9.87. The normalized spacial score (nSPS) is 20.6. The highest BCUT2D eigenvalue weighted by Crippen LogP contribution is 2.23. The number of hydrogen-bond acceptors (Lipinski definition) is 3. The molecular weight excluding hydrogens is 292 g/mol. The van der Waals surface area contributed by atoms with E-state index in [1.807, 2.05) is 6.92 Å². The maximum Gasteiger partial charge on any atom is 0.313 e. The van der Waals surface area contributed by atoms with Crippen molar-refractivity contribution in [1.29, 1.82) is 0 Å². The van der Waals surface area contributed by atoms with E-state index in [4.69, 9.17) is 4.74 Å². The van der Waals surface area contributed by atoms with Crippen molar-refractivity contribution in [3.05, 3.63) is 24.3 Å². The summed E-state index contributed by atoms with van der Waals surface area (Å²) in [7, 11) is 0. The lowest BCUT2D eigenvalue weighted by molar-refractivity contribution is -0.136. The summed E-state index contributed by atoms with van der Waals surface area (Å²) in [6.07, 6.45) is 5.05. The number of nitrogens with one attached hydrogen (secondary N) is 2. The summed E-state index contributed by atoms with van der Waals surface area (Å²) < 4.78 is 5.48. The number of ether oxygens (including phenoxy) is 1. The standard InChI is InChI=1S/C18H26N2O3/c1-3-12-23-16-10-8-15(9-11-16)20-18(22)17(21)19-14-6-4-13(2)5-7-14/h8-11,13-14H,3-7,12H2,1-2H3,(H,19,21)(H,20,22). The fourth-order valence-corrected chi connectivity index (χ4v) is 2.70. The van der Waals surface area contributed by atoms with Crippen LogP contribution in [0.5, 0.6) is 5.75 Å². The van der Waals surface area contributed by atoms with Crippen LogP contribution in [0.15, 0.2) is 24.3 Å². The Morgan fingerprint density at radius 3 is 2.35 bits per heavy atom. The number of amides is 2. The van der Waals surface area contributed by atoms with Crippen LogP contribution in [0.4, 0.5) is 5.69 Å². The zero-order valence-electron chi connectivity index (χ0n) is 13.9. The van der Waals surface area contributed by atoms with Crippen LogP contribution < -0.4 is 15.4 Å². The van der Waals surface area contributed by atoms with E-state index in [0.717, 1.165) is 37.9 Å². The average molecular weight is 318 g/mol. The minimum absolute atomic E-state index is 0.120. The van der Waals surface area contributed by atoms with Crippen LogP contribution in [0.25, 0.3) is 0 Å². The molecule has 1 aliphatic carbocycles. The van der Waals surface area contributed by atoms with Gasteiger partial charge < -0.3 is 15.4 Å². The van der Waals surface area contributed by atoms with Crippen molar-refractivity contribution in [3.63, 3.8) is 0 Å². The topological polar surface area (TPSA) is 67.4 Å². The summed E-state index contributed by atoms with van der Waals surface area (Å²) in [5.74, 6) is 0.290. The lowest BCUT2D eigenvalue weighted by Crippen LogP contribution is -2.43. The minimum atomic E-state index is -0.620. The Morgan fingerprint density at radius 1 is 1.09 bits per heavy atom. The highest BCUT2D eigenvalue weighted by molar-refractivity contribution is 6.39. The smallest absolute Gasteiger partial charge is 0.313 e. The van der Waals surface area contributed by atoms with Crippen molar-refractivity contribution in [2.75, 3.05) is 11.9 Å². The van der Waals surface area contributed by atoms with Crippen molar-refractivity contribution in [2.24, 2.45) is 5.92 Å². The Hall–Kier alpha value is -2.04. The molecule has 23 heavy (non-hydrogen) atoms. The van der Waals surface area contributed by atoms with Crippen LogP contribution >= 0.6 is 0 Å². The van der Waals surface area contributed by atoms with Gasteiger partial charge in [0.15, 0.2) is 0 Å². The quantitative estimate of drug-likeness (QED) is 0.820. The Kier molecular flexibility index (Phi) is 6.44. The second-order valence-electron chi connectivity index (χ2n) is 6.26. The predicted molar refractivity (Wildman–Crippen MR) is 90.4 cm³/mol. The molecule has 0 saturated heterocycles. The monoisotopic (exact) mass is 318 g/mol. The molecule has 1 saturated carbocycles. The summed E-state index contributed by atoms with van der Waals surface area (Å²) in [6, 6.07) is 7.16.